The van der Waals surface area contributed by atoms with Crippen LogP contribution in [-0.4, -0.2) is 133 Å². The van der Waals surface area contributed by atoms with Crippen LogP contribution in [0.15, 0.2) is 60.8 Å². The van der Waals surface area contributed by atoms with E-state index in [0.29, 0.717) is 29.6 Å². The first-order valence-corrected chi connectivity index (χ1v) is 20.6. The fourth-order valence-corrected chi connectivity index (χ4v) is 7.01. The lowest BCUT2D eigenvalue weighted by Gasteiger charge is -2.41. The van der Waals surface area contributed by atoms with Gasteiger partial charge in [0.25, 0.3) is 0 Å². The summed E-state index contributed by atoms with van der Waals surface area (Å²) >= 11 is 0.690. The molecule has 65 heavy (non-hydrogen) atoms. The van der Waals surface area contributed by atoms with Gasteiger partial charge in [-0.3, -0.25) is 28.8 Å². The third-order valence-electron chi connectivity index (χ3n) is 9.13. The van der Waals surface area contributed by atoms with Crippen molar-refractivity contribution >= 4 is 53.3 Å². The molecule has 0 saturated heterocycles. The second-order valence-electron chi connectivity index (χ2n) is 15.3. The summed E-state index contributed by atoms with van der Waals surface area (Å²) in [4.78, 5) is 83.5. The predicted octanol–water partition coefficient (Wildman–Crippen LogP) is 2.08. The highest BCUT2D eigenvalue weighted by atomic mass is 32.2. The van der Waals surface area contributed by atoms with Gasteiger partial charge in [-0.15, -0.1) is 11.8 Å². The minimum absolute atomic E-state index is 0.0288. The van der Waals surface area contributed by atoms with Crippen LogP contribution >= 0.6 is 11.8 Å². The standard InChI is InChI=1S/C39H51F2N7O9S.C2HF3O2/c1-39(2,3)35(30-15-24(26-16-25(40)9-10-27(26)41)20-47(30)19-23-7-5-4-6-8-23)48(34(52)21-49)14-11-28(42)36(53)45-13-12-44-33(51)18-46-32(50)17-31(38(56)57)58-22-29(43)37(54)55;3-2(4,5)1(6)7/h4-10,15-16,20,28-29,31,35,49H,11-14,17-19,21-22,42-43H2,1-3H3,(H,44,51)(H,45,53)(H,46,50)(H,54,55)(H,56,57);(H,6,7). The molecule has 0 saturated carbocycles. The lowest BCUT2D eigenvalue weighted by atomic mass is 9.82. The normalized spacial score (nSPS) is 13.2. The molecule has 4 amide bonds. The highest BCUT2D eigenvalue weighted by Crippen LogP contribution is 2.41. The van der Waals surface area contributed by atoms with Crippen LogP contribution in [0.5, 0.6) is 0 Å². The van der Waals surface area contributed by atoms with Crippen molar-refractivity contribution in [2.24, 2.45) is 16.9 Å². The van der Waals surface area contributed by atoms with Crippen LogP contribution in [0, 0.1) is 17.0 Å². The SMILES string of the molecule is CC(C)(C)C(c1cc(-c2cc(F)ccc2F)cn1Cc1ccccc1)N(CCC(N)C(=O)NCCNC(=O)CNC(=O)CC(SCC(N)C(=O)O)C(=O)O)C(=O)CO.O=C(O)C(F)(F)F. The van der Waals surface area contributed by atoms with Gasteiger partial charge >= 0.3 is 24.1 Å². The van der Waals surface area contributed by atoms with Crippen molar-refractivity contribution in [3.05, 3.63) is 83.7 Å². The van der Waals surface area contributed by atoms with Crippen molar-refractivity contribution < 1.29 is 75.9 Å². The number of nitrogens with one attached hydrogen (secondary N) is 3. The smallest absolute Gasteiger partial charge is 0.480 e. The number of carboxylic acid groups (broad SMARTS) is 3. The number of nitrogens with two attached hydrogens (primary N) is 2. The summed E-state index contributed by atoms with van der Waals surface area (Å²) in [6.45, 7) is 4.47. The number of halogens is 5. The van der Waals surface area contributed by atoms with Crippen molar-refractivity contribution in [1.82, 2.24) is 25.4 Å². The quantitative estimate of drug-likeness (QED) is 0.0515. The lowest BCUT2D eigenvalue weighted by Crippen LogP contribution is -2.48. The molecule has 0 aliphatic rings. The van der Waals surface area contributed by atoms with E-state index in [1.54, 1.807) is 12.3 Å². The number of benzene rings is 2. The van der Waals surface area contributed by atoms with Crippen molar-refractivity contribution in [1.29, 1.82) is 0 Å². The Kier molecular flexibility index (Phi) is 21.5. The number of carbonyl (C=O) groups is 7. The fraction of sp³-hybridized carbons (Fsp3) is 0.439. The molecule has 1 heterocycles. The van der Waals surface area contributed by atoms with Crippen LogP contribution in [0.25, 0.3) is 11.1 Å². The van der Waals surface area contributed by atoms with Crippen LogP contribution in [0.1, 0.15) is 50.9 Å². The molecule has 0 aliphatic carbocycles. The maximum atomic E-state index is 15.0. The van der Waals surface area contributed by atoms with Gasteiger partial charge in [-0.2, -0.15) is 13.2 Å². The number of aliphatic carboxylic acids is 3. The van der Waals surface area contributed by atoms with Gasteiger partial charge in [0.05, 0.1) is 18.6 Å². The molecule has 11 N–H and O–H groups in total. The van der Waals surface area contributed by atoms with E-state index >= 15 is 4.39 Å². The largest absolute Gasteiger partial charge is 0.490 e. The first kappa shape index (κ1) is 55.0. The van der Waals surface area contributed by atoms with E-state index in [1.165, 1.54) is 4.90 Å². The zero-order chi connectivity index (χ0) is 49.2. The number of carboxylic acids is 3. The Hall–Kier alpha value is -6.11. The Morgan fingerprint density at radius 3 is 2.00 bits per heavy atom. The molecule has 2 aromatic carbocycles. The molecule has 18 nitrogen and oxygen atoms in total. The van der Waals surface area contributed by atoms with Gasteiger partial charge < -0.3 is 57.3 Å². The summed E-state index contributed by atoms with van der Waals surface area (Å²) in [6.07, 6.45) is -3.96. The molecule has 1 aromatic heterocycles. The second-order valence-corrected chi connectivity index (χ2v) is 16.6. The van der Waals surface area contributed by atoms with Crippen molar-refractivity contribution in [2.45, 2.75) is 69.7 Å². The van der Waals surface area contributed by atoms with E-state index in [-0.39, 0.29) is 37.4 Å². The van der Waals surface area contributed by atoms with E-state index in [4.69, 9.17) is 26.5 Å². The average molecular weight is 946 g/mol. The first-order valence-electron chi connectivity index (χ1n) is 19.6. The summed E-state index contributed by atoms with van der Waals surface area (Å²) in [5.41, 5.74) is 12.8. The molecule has 4 atom stereocenters. The van der Waals surface area contributed by atoms with Gasteiger partial charge in [0, 0.05) is 61.4 Å². The number of hydrogen-bond donors (Lipinski definition) is 9. The lowest BCUT2D eigenvalue weighted by molar-refractivity contribution is -0.192. The van der Waals surface area contributed by atoms with E-state index < -0.39 is 108 Å². The number of rotatable bonds is 22. The molecule has 3 aromatic rings. The van der Waals surface area contributed by atoms with Crippen molar-refractivity contribution in [2.75, 3.05) is 38.5 Å². The first-order chi connectivity index (χ1) is 30.3. The summed E-state index contributed by atoms with van der Waals surface area (Å²) in [7, 11) is 0. The average Bonchev–Trinajstić information content (AvgIpc) is 3.63. The number of hydrogen-bond acceptors (Lipinski definition) is 11. The monoisotopic (exact) mass is 945 g/mol. The van der Waals surface area contributed by atoms with E-state index in [1.807, 2.05) is 55.7 Å². The van der Waals surface area contributed by atoms with E-state index in [0.717, 1.165) is 23.8 Å². The molecule has 0 radical (unpaired) electrons. The van der Waals surface area contributed by atoms with Crippen LogP contribution in [0.4, 0.5) is 22.0 Å². The second kappa shape index (κ2) is 25.4. The molecule has 0 aliphatic heterocycles. The Labute approximate surface area is 373 Å². The van der Waals surface area contributed by atoms with Crippen LogP contribution in [0.2, 0.25) is 0 Å². The highest BCUT2D eigenvalue weighted by molar-refractivity contribution is 8.00. The van der Waals surface area contributed by atoms with Crippen molar-refractivity contribution in [3.63, 3.8) is 0 Å². The van der Waals surface area contributed by atoms with Gasteiger partial charge in [0.2, 0.25) is 23.6 Å². The van der Waals surface area contributed by atoms with Crippen LogP contribution < -0.4 is 27.4 Å². The number of amides is 4. The Morgan fingerprint density at radius 2 is 1.45 bits per heavy atom. The maximum Gasteiger partial charge on any atom is 0.490 e. The van der Waals surface area contributed by atoms with E-state index in [2.05, 4.69) is 16.0 Å². The molecule has 0 fully saturated rings. The Morgan fingerprint density at radius 1 is 0.831 bits per heavy atom. The molecular formula is C41H52F5N7O11S. The van der Waals surface area contributed by atoms with Gasteiger partial charge in [-0.05, 0) is 41.7 Å². The minimum Gasteiger partial charge on any atom is -0.480 e. The van der Waals surface area contributed by atoms with Crippen LogP contribution in [0.3, 0.4) is 0 Å². The zero-order valence-corrected chi connectivity index (χ0v) is 36.3. The number of carbonyl (C=O) groups excluding carboxylic acids is 4. The van der Waals surface area contributed by atoms with Gasteiger partial charge in [-0.1, -0.05) is 51.1 Å². The molecular weight excluding hydrogens is 894 g/mol. The predicted molar refractivity (Wildman–Crippen MR) is 226 cm³/mol. The van der Waals surface area contributed by atoms with Crippen molar-refractivity contribution in [3.8, 4) is 11.1 Å². The summed E-state index contributed by atoms with van der Waals surface area (Å²) in [6, 6.07) is 11.1. The molecule has 0 spiro atoms. The van der Waals surface area contributed by atoms with Gasteiger partial charge in [-0.25, -0.2) is 13.6 Å². The summed E-state index contributed by atoms with van der Waals surface area (Å²) < 4.78 is 62.9. The number of aliphatic hydroxyl groups excluding tert-OH is 1. The zero-order valence-electron chi connectivity index (χ0n) is 35.4. The highest BCUT2D eigenvalue weighted by Gasteiger charge is 2.39. The number of aliphatic hydroxyl groups is 1. The number of aromatic nitrogens is 1. The summed E-state index contributed by atoms with van der Waals surface area (Å²) in [5.74, 6) is -9.55. The maximum absolute atomic E-state index is 15.0. The Bertz CT molecular complexity index is 2120. The minimum atomic E-state index is -5.08. The number of alkyl halides is 3. The topological polar surface area (TPSA) is 297 Å². The Balaban J connectivity index is 0.00000191. The molecule has 0 bridgehead atoms. The molecule has 4 unspecified atom stereocenters. The van der Waals surface area contributed by atoms with Gasteiger partial charge in [0.15, 0.2) is 0 Å². The fourth-order valence-electron chi connectivity index (χ4n) is 6.02. The third-order valence-corrected chi connectivity index (χ3v) is 10.4. The van der Waals surface area contributed by atoms with Gasteiger partial charge in [0.1, 0.15) is 29.5 Å². The molecule has 3 rings (SSSR count). The third kappa shape index (κ3) is 18.5. The molecule has 24 heteroatoms. The van der Waals surface area contributed by atoms with Crippen LogP contribution in [-0.2, 0) is 40.1 Å². The summed E-state index contributed by atoms with van der Waals surface area (Å²) in [5, 5.41) is 41.5. The number of thioether (sulfide) groups is 1. The number of nitrogens with zero attached hydrogens (tertiary/aromatic N) is 2. The molecule has 358 valence electrons. The van der Waals surface area contributed by atoms with E-state index in [9.17, 15) is 56.5 Å².